The van der Waals surface area contributed by atoms with Crippen LogP contribution in [0.5, 0.6) is 0 Å². The van der Waals surface area contributed by atoms with Gasteiger partial charge in [-0.2, -0.15) is 0 Å². The van der Waals surface area contributed by atoms with E-state index in [0.717, 1.165) is 19.4 Å². The molecule has 1 aromatic heterocycles. The second kappa shape index (κ2) is 5.05. The van der Waals surface area contributed by atoms with Gasteiger partial charge >= 0.3 is 0 Å². The van der Waals surface area contributed by atoms with Gasteiger partial charge in [-0.25, -0.2) is 0 Å². The monoisotopic (exact) mass is 336 g/mol. The molecule has 5 unspecified atom stereocenters. The van der Waals surface area contributed by atoms with Crippen molar-refractivity contribution in [3.8, 4) is 0 Å². The maximum atomic E-state index is 12.8. The summed E-state index contributed by atoms with van der Waals surface area (Å²) in [5.74, 6) is 0.287. The van der Waals surface area contributed by atoms with Crippen LogP contribution in [-0.4, -0.2) is 40.0 Å². The van der Waals surface area contributed by atoms with E-state index in [1.54, 1.807) is 6.92 Å². The van der Waals surface area contributed by atoms with Crippen LogP contribution >= 0.6 is 0 Å². The first-order valence-electron chi connectivity index (χ1n) is 9.24. The molecule has 1 aromatic carbocycles. The van der Waals surface area contributed by atoms with Crippen molar-refractivity contribution in [1.82, 2.24) is 9.88 Å². The summed E-state index contributed by atoms with van der Waals surface area (Å²) in [6, 6.07) is 8.87. The van der Waals surface area contributed by atoms with Gasteiger partial charge in [-0.1, -0.05) is 29.8 Å². The Kier molecular flexibility index (Phi) is 3.10. The van der Waals surface area contributed by atoms with Gasteiger partial charge in [0, 0.05) is 29.2 Å². The van der Waals surface area contributed by atoms with E-state index in [1.807, 2.05) is 0 Å². The summed E-state index contributed by atoms with van der Waals surface area (Å²) in [7, 11) is 0. The molecule has 2 N–H and O–H groups in total. The van der Waals surface area contributed by atoms with Crippen molar-refractivity contribution in [2.24, 2.45) is 11.3 Å². The van der Waals surface area contributed by atoms with Crippen molar-refractivity contribution in [3.63, 3.8) is 0 Å². The molecular formula is C21H24N2O2. The van der Waals surface area contributed by atoms with Crippen LogP contribution in [-0.2, 0) is 11.2 Å². The predicted molar refractivity (Wildman–Crippen MR) is 97.3 cm³/mol. The highest BCUT2D eigenvalue weighted by Crippen LogP contribution is 2.59. The highest BCUT2D eigenvalue weighted by molar-refractivity contribution is 5.88. The zero-order valence-electron chi connectivity index (χ0n) is 14.7. The fourth-order valence-electron chi connectivity index (χ4n) is 5.94. The molecule has 4 aliphatic rings. The highest BCUT2D eigenvalue weighted by atomic mass is 16.3. The van der Waals surface area contributed by atoms with Gasteiger partial charge in [0.15, 0.2) is 0 Å². The third kappa shape index (κ3) is 1.72. The van der Waals surface area contributed by atoms with Crippen molar-refractivity contribution in [2.45, 2.75) is 38.8 Å². The van der Waals surface area contributed by atoms with Gasteiger partial charge in [-0.3, -0.25) is 9.69 Å². The van der Waals surface area contributed by atoms with Gasteiger partial charge in [0.05, 0.1) is 18.1 Å². The minimum atomic E-state index is -0.660. The molecule has 0 radical (unpaired) electrons. The fourth-order valence-corrected chi connectivity index (χ4v) is 5.94. The zero-order valence-corrected chi connectivity index (χ0v) is 14.7. The van der Waals surface area contributed by atoms with E-state index in [1.165, 1.54) is 27.7 Å². The van der Waals surface area contributed by atoms with E-state index in [-0.39, 0.29) is 24.3 Å². The number of fused-ring (bicyclic) bond motifs is 4. The summed E-state index contributed by atoms with van der Waals surface area (Å²) in [6.45, 7) is 4.59. The van der Waals surface area contributed by atoms with Gasteiger partial charge in [-0.05, 0) is 44.2 Å². The van der Waals surface area contributed by atoms with E-state index in [2.05, 4.69) is 47.1 Å². The normalized spacial score (nSPS) is 37.5. The van der Waals surface area contributed by atoms with E-state index in [9.17, 15) is 9.90 Å². The second-order valence-corrected chi connectivity index (χ2v) is 7.88. The molecule has 4 aliphatic heterocycles. The van der Waals surface area contributed by atoms with Gasteiger partial charge in [0.2, 0.25) is 0 Å². The molecular weight excluding hydrogens is 312 g/mol. The highest BCUT2D eigenvalue weighted by Gasteiger charge is 2.62. The number of hydrogen-bond donors (Lipinski definition) is 2. The van der Waals surface area contributed by atoms with Crippen molar-refractivity contribution in [1.29, 1.82) is 0 Å². The van der Waals surface area contributed by atoms with Crippen LogP contribution in [0.25, 0.3) is 10.9 Å². The van der Waals surface area contributed by atoms with Crippen molar-refractivity contribution in [2.75, 3.05) is 13.2 Å². The first-order chi connectivity index (χ1) is 12.1. The van der Waals surface area contributed by atoms with Crippen LogP contribution in [0.2, 0.25) is 0 Å². The molecule has 3 fully saturated rings. The number of hydrogen-bond acceptors (Lipinski definition) is 3. The molecule has 6 rings (SSSR count). The standard InChI is InChI=1S/C21H24N2O2/c1-3-13-10-23-18-9-16(13)21(11-24,12(2)25)19(23)8-15-14-6-4-5-7-17(14)22-20(15)18/h3-7,16,18-19,22,24H,8-11H2,1-2H3. The summed E-state index contributed by atoms with van der Waals surface area (Å²) in [5, 5.41) is 11.7. The van der Waals surface area contributed by atoms with Crippen molar-refractivity contribution >= 4 is 16.7 Å². The minimum absolute atomic E-state index is 0.0596. The molecule has 0 saturated carbocycles. The smallest absolute Gasteiger partial charge is 0.140 e. The quantitative estimate of drug-likeness (QED) is 0.829. The predicted octanol–water partition coefficient (Wildman–Crippen LogP) is 2.98. The zero-order chi connectivity index (χ0) is 17.3. The number of nitrogens with zero attached hydrogens (tertiary/aromatic N) is 1. The Hall–Kier alpha value is -1.91. The first-order valence-corrected chi connectivity index (χ1v) is 9.24. The van der Waals surface area contributed by atoms with Gasteiger partial charge < -0.3 is 10.1 Å². The number of nitrogens with one attached hydrogen (secondary N) is 1. The number of aliphatic hydroxyl groups excluding tert-OH is 1. The van der Waals surface area contributed by atoms with E-state index >= 15 is 0 Å². The fraction of sp³-hybridized carbons (Fsp3) is 0.476. The Bertz CT molecular complexity index is 912. The number of benzene rings is 1. The van der Waals surface area contributed by atoms with Crippen molar-refractivity contribution < 1.29 is 9.90 Å². The molecule has 0 aliphatic carbocycles. The van der Waals surface area contributed by atoms with E-state index < -0.39 is 5.41 Å². The third-order valence-corrected chi connectivity index (χ3v) is 7.15. The average molecular weight is 336 g/mol. The summed E-state index contributed by atoms with van der Waals surface area (Å²) in [6.07, 6.45) is 3.91. The van der Waals surface area contributed by atoms with E-state index in [0.29, 0.717) is 6.04 Å². The van der Waals surface area contributed by atoms with Gasteiger partial charge in [0.25, 0.3) is 0 Å². The molecule has 2 aromatic rings. The first kappa shape index (κ1) is 15.4. The average Bonchev–Trinajstić information content (AvgIpc) is 3.00. The van der Waals surface area contributed by atoms with Gasteiger partial charge in [-0.15, -0.1) is 0 Å². The number of ketones is 1. The van der Waals surface area contributed by atoms with Crippen LogP contribution in [0.4, 0.5) is 0 Å². The number of aliphatic hydroxyl groups is 1. The number of aromatic nitrogens is 1. The maximum absolute atomic E-state index is 12.8. The SMILES string of the molecule is CC=C1CN2C3CC1C(CO)(C(C)=O)C2Cc1c3[nH]c2ccccc12. The van der Waals surface area contributed by atoms with Crippen LogP contribution in [0, 0.1) is 11.3 Å². The maximum Gasteiger partial charge on any atom is 0.140 e. The topological polar surface area (TPSA) is 56.3 Å². The summed E-state index contributed by atoms with van der Waals surface area (Å²) < 4.78 is 0. The lowest BCUT2D eigenvalue weighted by molar-refractivity contribution is -0.157. The number of allylic oxidation sites excluding steroid dienone is 1. The Balaban J connectivity index is 1.74. The third-order valence-electron chi connectivity index (χ3n) is 7.15. The Morgan fingerprint density at radius 1 is 1.44 bits per heavy atom. The molecule has 25 heavy (non-hydrogen) atoms. The second-order valence-electron chi connectivity index (χ2n) is 7.88. The number of para-hydroxylation sites is 1. The van der Waals surface area contributed by atoms with Crippen molar-refractivity contribution in [3.05, 3.63) is 47.2 Å². The van der Waals surface area contributed by atoms with Crippen LogP contribution in [0.15, 0.2) is 35.9 Å². The lowest BCUT2D eigenvalue weighted by Crippen LogP contribution is -2.69. The Labute approximate surface area is 147 Å². The number of rotatable bonds is 2. The Morgan fingerprint density at radius 3 is 2.96 bits per heavy atom. The number of H-pyrrole nitrogens is 1. The molecule has 5 heterocycles. The van der Waals surface area contributed by atoms with Crippen LogP contribution in [0.1, 0.15) is 37.6 Å². The number of carbonyl (C=O) groups excluding carboxylic acids is 1. The lowest BCUT2D eigenvalue weighted by atomic mass is 9.54. The minimum Gasteiger partial charge on any atom is -0.395 e. The molecule has 130 valence electrons. The summed E-state index contributed by atoms with van der Waals surface area (Å²) in [4.78, 5) is 18.9. The molecule has 4 bridgehead atoms. The van der Waals surface area contributed by atoms with Crippen LogP contribution < -0.4 is 0 Å². The number of Topliss-reactive ketones (excluding diaryl/α,β-unsaturated/α-hetero) is 1. The van der Waals surface area contributed by atoms with Crippen LogP contribution in [0.3, 0.4) is 0 Å². The number of aromatic amines is 1. The molecule has 0 amide bonds. The molecule has 0 spiro atoms. The molecule has 4 heteroatoms. The Morgan fingerprint density at radius 2 is 2.24 bits per heavy atom. The van der Waals surface area contributed by atoms with Gasteiger partial charge in [0.1, 0.15) is 5.78 Å². The lowest BCUT2D eigenvalue weighted by Gasteiger charge is -2.63. The molecule has 5 atom stereocenters. The summed E-state index contributed by atoms with van der Waals surface area (Å²) in [5.41, 5.74) is 4.51. The number of piperidine rings is 3. The molecule has 3 saturated heterocycles. The van der Waals surface area contributed by atoms with E-state index in [4.69, 9.17) is 0 Å². The largest absolute Gasteiger partial charge is 0.395 e. The number of carbonyl (C=O) groups is 1. The molecule has 4 nitrogen and oxygen atoms in total. The summed E-state index contributed by atoms with van der Waals surface area (Å²) >= 11 is 0.